The molecular weight excluding hydrogens is 262 g/mol. The highest BCUT2D eigenvalue weighted by Gasteiger charge is 2.48. The van der Waals surface area contributed by atoms with Crippen LogP contribution in [0.3, 0.4) is 0 Å². The molecular formula is C18H32NO2+. The monoisotopic (exact) mass is 294 g/mol. The zero-order valence-corrected chi connectivity index (χ0v) is 13.4. The molecule has 120 valence electrons. The van der Waals surface area contributed by atoms with E-state index < -0.39 is 0 Å². The average Bonchev–Trinajstić information content (AvgIpc) is 2.90. The van der Waals surface area contributed by atoms with Gasteiger partial charge < -0.3 is 14.4 Å². The van der Waals surface area contributed by atoms with Crippen LogP contribution in [0.2, 0.25) is 0 Å². The molecule has 0 aromatic carbocycles. The normalized spacial score (nSPS) is 44.9. The highest BCUT2D eigenvalue weighted by Crippen LogP contribution is 2.48. The first-order valence-corrected chi connectivity index (χ1v) is 9.48. The second kappa shape index (κ2) is 6.17. The summed E-state index contributed by atoms with van der Waals surface area (Å²) in [5.41, 5.74) is 0. The molecule has 1 N–H and O–H groups in total. The molecule has 4 fully saturated rings. The van der Waals surface area contributed by atoms with Gasteiger partial charge >= 0.3 is 0 Å². The number of piperidine rings is 1. The molecule has 0 bridgehead atoms. The van der Waals surface area contributed by atoms with Gasteiger partial charge in [0, 0.05) is 12.8 Å². The number of fused-ring (bicyclic) bond motifs is 1. The van der Waals surface area contributed by atoms with Crippen molar-refractivity contribution >= 4 is 0 Å². The topological polar surface area (TPSA) is 22.9 Å². The summed E-state index contributed by atoms with van der Waals surface area (Å²) >= 11 is 0. The Morgan fingerprint density at radius 2 is 1.71 bits per heavy atom. The first kappa shape index (κ1) is 14.5. The van der Waals surface area contributed by atoms with Crippen LogP contribution in [0.25, 0.3) is 0 Å². The van der Waals surface area contributed by atoms with E-state index in [0.29, 0.717) is 6.10 Å². The van der Waals surface area contributed by atoms with Crippen LogP contribution in [0.4, 0.5) is 0 Å². The molecule has 2 saturated carbocycles. The molecule has 1 spiro atoms. The van der Waals surface area contributed by atoms with Crippen molar-refractivity contribution in [3.63, 3.8) is 0 Å². The summed E-state index contributed by atoms with van der Waals surface area (Å²) in [5.74, 6) is 1.68. The Balaban J connectivity index is 1.32. The van der Waals surface area contributed by atoms with E-state index in [1.807, 2.05) is 0 Å². The minimum Gasteiger partial charge on any atom is -0.347 e. The number of rotatable bonds is 2. The summed E-state index contributed by atoms with van der Waals surface area (Å²) in [6.07, 6.45) is 14.0. The van der Waals surface area contributed by atoms with Gasteiger partial charge in [0.15, 0.2) is 5.79 Å². The molecule has 4 aliphatic rings. The van der Waals surface area contributed by atoms with E-state index in [4.69, 9.17) is 9.47 Å². The molecule has 0 amide bonds. The third-order valence-corrected chi connectivity index (χ3v) is 6.53. The van der Waals surface area contributed by atoms with Gasteiger partial charge in [-0.2, -0.15) is 0 Å². The van der Waals surface area contributed by atoms with Crippen molar-refractivity contribution in [3.05, 3.63) is 0 Å². The lowest BCUT2D eigenvalue weighted by atomic mass is 9.69. The Morgan fingerprint density at radius 1 is 0.905 bits per heavy atom. The summed E-state index contributed by atoms with van der Waals surface area (Å²) in [7, 11) is 0. The maximum Gasteiger partial charge on any atom is 0.169 e. The zero-order chi connectivity index (χ0) is 14.1. The minimum absolute atomic E-state index is 0.182. The Morgan fingerprint density at radius 3 is 2.57 bits per heavy atom. The van der Waals surface area contributed by atoms with E-state index in [9.17, 15) is 0 Å². The predicted octanol–water partition coefficient (Wildman–Crippen LogP) is 2.16. The first-order chi connectivity index (χ1) is 10.3. The molecule has 0 aromatic heterocycles. The van der Waals surface area contributed by atoms with Crippen molar-refractivity contribution in [2.45, 2.75) is 76.1 Å². The quantitative estimate of drug-likeness (QED) is 0.843. The average molecular weight is 294 g/mol. The Hall–Kier alpha value is -0.120. The van der Waals surface area contributed by atoms with Crippen LogP contribution in [0.1, 0.15) is 64.2 Å². The fourth-order valence-corrected chi connectivity index (χ4v) is 5.37. The maximum atomic E-state index is 6.50. The number of ether oxygens (including phenoxy) is 2. The van der Waals surface area contributed by atoms with Gasteiger partial charge in [-0.3, -0.25) is 0 Å². The molecule has 0 unspecified atom stereocenters. The summed E-state index contributed by atoms with van der Waals surface area (Å²) in [5, 5.41) is 0. The molecule has 0 radical (unpaired) electrons. The molecule has 2 heterocycles. The summed E-state index contributed by atoms with van der Waals surface area (Å²) in [6.45, 7) is 4.71. The van der Waals surface area contributed by atoms with Gasteiger partial charge in [-0.05, 0) is 43.9 Å². The van der Waals surface area contributed by atoms with Crippen molar-refractivity contribution in [1.82, 2.24) is 0 Å². The predicted molar refractivity (Wildman–Crippen MR) is 82.3 cm³/mol. The largest absolute Gasteiger partial charge is 0.347 e. The molecule has 3 heteroatoms. The second-order valence-corrected chi connectivity index (χ2v) is 8.02. The Kier molecular flexibility index (Phi) is 4.25. The third-order valence-electron chi connectivity index (χ3n) is 6.53. The highest BCUT2D eigenvalue weighted by atomic mass is 16.7. The molecule has 0 aromatic rings. The van der Waals surface area contributed by atoms with Gasteiger partial charge in [-0.1, -0.05) is 19.3 Å². The van der Waals surface area contributed by atoms with Crippen LogP contribution in [0.15, 0.2) is 0 Å². The van der Waals surface area contributed by atoms with Crippen molar-refractivity contribution in [1.29, 1.82) is 0 Å². The number of nitrogens with one attached hydrogen (secondary N) is 1. The number of hydrogen-bond donors (Lipinski definition) is 1. The molecule has 21 heavy (non-hydrogen) atoms. The summed E-state index contributed by atoms with van der Waals surface area (Å²) in [4.78, 5) is 1.75. The fraction of sp³-hybridized carbons (Fsp3) is 1.00. The van der Waals surface area contributed by atoms with Crippen molar-refractivity contribution in [2.24, 2.45) is 11.8 Å². The Bertz CT molecular complexity index is 355. The van der Waals surface area contributed by atoms with Gasteiger partial charge in [-0.15, -0.1) is 0 Å². The third kappa shape index (κ3) is 3.16. The van der Waals surface area contributed by atoms with E-state index in [-0.39, 0.29) is 5.79 Å². The van der Waals surface area contributed by atoms with Crippen LogP contribution in [0.5, 0.6) is 0 Å². The van der Waals surface area contributed by atoms with Crippen molar-refractivity contribution in [3.8, 4) is 0 Å². The van der Waals surface area contributed by atoms with Crippen LogP contribution in [-0.2, 0) is 9.47 Å². The van der Waals surface area contributed by atoms with E-state index in [0.717, 1.165) is 24.9 Å². The van der Waals surface area contributed by atoms with Crippen LogP contribution in [-0.4, -0.2) is 38.1 Å². The maximum absolute atomic E-state index is 6.50. The van der Waals surface area contributed by atoms with Crippen LogP contribution in [0, 0.1) is 11.8 Å². The lowest BCUT2D eigenvalue weighted by molar-refractivity contribution is -0.907. The Labute approximate surface area is 129 Å². The second-order valence-electron chi connectivity index (χ2n) is 8.02. The number of likely N-dealkylation sites (tertiary alicyclic amines) is 1. The highest BCUT2D eigenvalue weighted by molar-refractivity contribution is 4.91. The van der Waals surface area contributed by atoms with E-state index in [1.165, 1.54) is 77.4 Å². The molecule has 3 nitrogen and oxygen atoms in total. The lowest BCUT2D eigenvalue weighted by Crippen LogP contribution is -3.13. The van der Waals surface area contributed by atoms with E-state index in [1.54, 1.807) is 4.90 Å². The zero-order valence-electron chi connectivity index (χ0n) is 13.4. The SMILES string of the molecule is C1CC[NH+](C[C@H]2CO[C@]3(CC[C@H]4CCCC[C@H]4C3)O2)CC1. The van der Waals surface area contributed by atoms with E-state index in [2.05, 4.69) is 0 Å². The lowest BCUT2D eigenvalue weighted by Gasteiger charge is -2.43. The molecule has 2 aliphatic heterocycles. The minimum atomic E-state index is -0.182. The number of hydrogen-bond acceptors (Lipinski definition) is 2. The van der Waals surface area contributed by atoms with Gasteiger partial charge in [0.1, 0.15) is 12.6 Å². The van der Waals surface area contributed by atoms with Gasteiger partial charge in [0.2, 0.25) is 0 Å². The number of quaternary nitrogens is 1. The molecule has 4 atom stereocenters. The molecule has 2 aliphatic carbocycles. The summed E-state index contributed by atoms with van der Waals surface area (Å²) < 4.78 is 12.7. The van der Waals surface area contributed by atoms with Crippen LogP contribution >= 0.6 is 0 Å². The van der Waals surface area contributed by atoms with E-state index >= 15 is 0 Å². The fourth-order valence-electron chi connectivity index (χ4n) is 5.37. The first-order valence-electron chi connectivity index (χ1n) is 9.48. The van der Waals surface area contributed by atoms with Gasteiger partial charge in [0.25, 0.3) is 0 Å². The smallest absolute Gasteiger partial charge is 0.169 e. The van der Waals surface area contributed by atoms with Gasteiger partial charge in [-0.25, -0.2) is 0 Å². The van der Waals surface area contributed by atoms with Crippen molar-refractivity contribution in [2.75, 3.05) is 26.2 Å². The van der Waals surface area contributed by atoms with Crippen LogP contribution < -0.4 is 4.90 Å². The van der Waals surface area contributed by atoms with Crippen molar-refractivity contribution < 1.29 is 14.4 Å². The van der Waals surface area contributed by atoms with Gasteiger partial charge in [0.05, 0.1) is 19.7 Å². The summed E-state index contributed by atoms with van der Waals surface area (Å²) in [6, 6.07) is 0. The molecule has 2 saturated heterocycles. The standard InChI is InChI=1S/C18H31NO2/c1-4-10-19(11-5-1)13-17-14-20-18(21-17)9-8-15-6-2-3-7-16(15)12-18/h15-17H,1-14H2/p+1/t15-,16+,17+,18-/m1/s1. The molecule has 4 rings (SSSR count).